The largest absolute Gasteiger partial charge is 0.338 e. The molecule has 1 amide bonds. The molecule has 4 heteroatoms. The van der Waals surface area contributed by atoms with Gasteiger partial charge < -0.3 is 10.2 Å². The van der Waals surface area contributed by atoms with Crippen molar-refractivity contribution in [1.29, 1.82) is 0 Å². The molecule has 3 nitrogen and oxygen atoms in total. The standard InChI is InChI=1S/C20H30N2O.ClH/c1-21-14-16-6-5-13-22(15-16)20(23)19-11-9-18(10-12-19)17-7-3-2-4-8-17;/h9-12,16-17,21H,2-8,13-15H2,1H3;1H. The third kappa shape index (κ3) is 4.73. The Balaban J connectivity index is 0.00000208. The van der Waals surface area contributed by atoms with Crippen LogP contribution in [-0.2, 0) is 0 Å². The SMILES string of the molecule is CNCC1CCCN(C(=O)c2ccc(C3CCCCC3)cc2)C1.Cl. The molecule has 1 atom stereocenters. The summed E-state index contributed by atoms with van der Waals surface area (Å²) in [6.07, 6.45) is 9.06. The molecule has 1 aromatic carbocycles. The van der Waals surface area contributed by atoms with Crippen molar-refractivity contribution in [3.63, 3.8) is 0 Å². The zero-order valence-corrected chi connectivity index (χ0v) is 15.6. The first-order chi connectivity index (χ1) is 11.3. The van der Waals surface area contributed by atoms with Crippen molar-refractivity contribution in [3.05, 3.63) is 35.4 Å². The van der Waals surface area contributed by atoms with Crippen LogP contribution < -0.4 is 5.32 Å². The van der Waals surface area contributed by atoms with Crippen molar-refractivity contribution < 1.29 is 4.79 Å². The Morgan fingerprint density at radius 2 is 1.79 bits per heavy atom. The minimum atomic E-state index is 0. The normalized spacial score (nSPS) is 22.0. The Morgan fingerprint density at radius 1 is 1.08 bits per heavy atom. The predicted octanol–water partition coefficient (Wildman–Crippen LogP) is 4.23. The van der Waals surface area contributed by atoms with Crippen LogP contribution in [0.5, 0.6) is 0 Å². The highest BCUT2D eigenvalue weighted by atomic mass is 35.5. The highest BCUT2D eigenvalue weighted by Crippen LogP contribution is 2.32. The fourth-order valence-electron chi connectivity index (χ4n) is 4.22. The lowest BCUT2D eigenvalue weighted by molar-refractivity contribution is 0.0674. The van der Waals surface area contributed by atoms with Gasteiger partial charge in [0.05, 0.1) is 0 Å². The number of nitrogens with zero attached hydrogens (tertiary/aromatic N) is 1. The summed E-state index contributed by atoms with van der Waals surface area (Å²) in [5.74, 6) is 1.52. The van der Waals surface area contributed by atoms with Crippen LogP contribution in [0.1, 0.15) is 66.8 Å². The number of amides is 1. The third-order valence-corrected chi connectivity index (χ3v) is 5.53. The van der Waals surface area contributed by atoms with Crippen LogP contribution in [0.15, 0.2) is 24.3 Å². The summed E-state index contributed by atoms with van der Waals surface area (Å²) in [7, 11) is 1.99. The van der Waals surface area contributed by atoms with E-state index in [1.807, 2.05) is 24.1 Å². The van der Waals surface area contributed by atoms with Crippen LogP contribution in [0, 0.1) is 5.92 Å². The number of likely N-dealkylation sites (tertiary alicyclic amines) is 1. The first-order valence-corrected chi connectivity index (χ1v) is 9.32. The molecular formula is C20H31ClN2O. The number of hydrogen-bond donors (Lipinski definition) is 1. The number of carbonyl (C=O) groups excluding carboxylic acids is 1. The van der Waals surface area contributed by atoms with Crippen LogP contribution in [0.4, 0.5) is 0 Å². The lowest BCUT2D eigenvalue weighted by atomic mass is 9.84. The molecular weight excluding hydrogens is 320 g/mol. The molecule has 0 aromatic heterocycles. The predicted molar refractivity (Wildman–Crippen MR) is 102 cm³/mol. The smallest absolute Gasteiger partial charge is 0.253 e. The summed E-state index contributed by atoms with van der Waals surface area (Å²) in [6, 6.07) is 8.48. The minimum absolute atomic E-state index is 0. The zero-order valence-electron chi connectivity index (χ0n) is 14.8. The van der Waals surface area contributed by atoms with Gasteiger partial charge in [0.1, 0.15) is 0 Å². The molecule has 134 valence electrons. The average Bonchev–Trinajstić information content (AvgIpc) is 2.62. The van der Waals surface area contributed by atoms with Gasteiger partial charge in [-0.15, -0.1) is 12.4 Å². The van der Waals surface area contributed by atoms with E-state index in [1.165, 1.54) is 44.1 Å². The minimum Gasteiger partial charge on any atom is -0.338 e. The summed E-state index contributed by atoms with van der Waals surface area (Å²) in [6.45, 7) is 2.80. The maximum atomic E-state index is 12.7. The number of carbonyl (C=O) groups is 1. The molecule has 0 spiro atoms. The van der Waals surface area contributed by atoms with Gasteiger partial charge in [0.25, 0.3) is 5.91 Å². The molecule has 24 heavy (non-hydrogen) atoms. The average molecular weight is 351 g/mol. The fraction of sp³-hybridized carbons (Fsp3) is 0.650. The summed E-state index contributed by atoms with van der Waals surface area (Å²) in [4.78, 5) is 14.8. The molecule has 1 saturated heterocycles. The van der Waals surface area contributed by atoms with Gasteiger partial charge in [-0.1, -0.05) is 31.4 Å². The van der Waals surface area contributed by atoms with E-state index in [0.717, 1.165) is 31.6 Å². The van der Waals surface area contributed by atoms with E-state index in [9.17, 15) is 4.79 Å². The number of benzene rings is 1. The highest BCUT2D eigenvalue weighted by molar-refractivity contribution is 5.94. The van der Waals surface area contributed by atoms with Crippen LogP contribution in [0.3, 0.4) is 0 Å². The van der Waals surface area contributed by atoms with Crippen LogP contribution in [0.2, 0.25) is 0 Å². The lowest BCUT2D eigenvalue weighted by Crippen LogP contribution is -2.42. The Bertz CT molecular complexity index is 509. The summed E-state index contributed by atoms with van der Waals surface area (Å²) in [5.41, 5.74) is 2.28. The van der Waals surface area contributed by atoms with Crippen molar-refractivity contribution in [1.82, 2.24) is 10.2 Å². The quantitative estimate of drug-likeness (QED) is 0.881. The summed E-state index contributed by atoms with van der Waals surface area (Å²) in [5, 5.41) is 3.24. The van der Waals surface area contributed by atoms with Crippen molar-refractivity contribution in [3.8, 4) is 0 Å². The van der Waals surface area contributed by atoms with E-state index in [-0.39, 0.29) is 18.3 Å². The summed E-state index contributed by atoms with van der Waals surface area (Å²) >= 11 is 0. The molecule has 1 aromatic rings. The van der Waals surface area contributed by atoms with Gasteiger partial charge in [-0.05, 0) is 68.8 Å². The number of nitrogens with one attached hydrogen (secondary N) is 1. The first kappa shape index (κ1) is 19.3. The van der Waals surface area contributed by atoms with Crippen LogP contribution in [0.25, 0.3) is 0 Å². The van der Waals surface area contributed by atoms with Crippen molar-refractivity contribution in [2.75, 3.05) is 26.7 Å². The Labute approximate surface area is 152 Å². The van der Waals surface area contributed by atoms with Gasteiger partial charge in [0, 0.05) is 18.7 Å². The second-order valence-electron chi connectivity index (χ2n) is 7.27. The van der Waals surface area contributed by atoms with Crippen LogP contribution in [-0.4, -0.2) is 37.5 Å². The fourth-order valence-corrected chi connectivity index (χ4v) is 4.22. The van der Waals surface area contributed by atoms with E-state index < -0.39 is 0 Å². The van der Waals surface area contributed by atoms with Gasteiger partial charge in [-0.3, -0.25) is 4.79 Å². The number of halogens is 1. The Kier molecular flexibility index (Phi) is 7.57. The zero-order chi connectivity index (χ0) is 16.1. The van der Waals surface area contributed by atoms with E-state index in [1.54, 1.807) is 0 Å². The van der Waals surface area contributed by atoms with Crippen molar-refractivity contribution in [2.45, 2.75) is 50.9 Å². The number of hydrogen-bond acceptors (Lipinski definition) is 2. The van der Waals surface area contributed by atoms with Gasteiger partial charge in [-0.25, -0.2) is 0 Å². The molecule has 0 bridgehead atoms. The highest BCUT2D eigenvalue weighted by Gasteiger charge is 2.24. The van der Waals surface area contributed by atoms with E-state index in [4.69, 9.17) is 0 Å². The Hall–Kier alpha value is -1.06. The molecule has 3 rings (SSSR count). The number of piperidine rings is 1. The monoisotopic (exact) mass is 350 g/mol. The first-order valence-electron chi connectivity index (χ1n) is 9.32. The van der Waals surface area contributed by atoms with E-state index >= 15 is 0 Å². The lowest BCUT2D eigenvalue weighted by Gasteiger charge is -2.33. The van der Waals surface area contributed by atoms with Gasteiger partial charge in [0.15, 0.2) is 0 Å². The van der Waals surface area contributed by atoms with Crippen LogP contribution >= 0.6 is 12.4 Å². The third-order valence-electron chi connectivity index (χ3n) is 5.53. The molecule has 1 saturated carbocycles. The van der Waals surface area contributed by atoms with Gasteiger partial charge in [0.2, 0.25) is 0 Å². The second kappa shape index (κ2) is 9.43. The maximum absolute atomic E-state index is 12.7. The molecule has 2 fully saturated rings. The molecule has 0 radical (unpaired) electrons. The second-order valence-corrected chi connectivity index (χ2v) is 7.27. The molecule has 1 unspecified atom stereocenters. The van der Waals surface area contributed by atoms with Gasteiger partial charge >= 0.3 is 0 Å². The van der Waals surface area contributed by atoms with E-state index in [2.05, 4.69) is 17.4 Å². The summed E-state index contributed by atoms with van der Waals surface area (Å²) < 4.78 is 0. The molecule has 1 heterocycles. The Morgan fingerprint density at radius 3 is 2.46 bits per heavy atom. The molecule has 1 N–H and O–H groups in total. The molecule has 1 aliphatic carbocycles. The van der Waals surface area contributed by atoms with Gasteiger partial charge in [-0.2, -0.15) is 0 Å². The maximum Gasteiger partial charge on any atom is 0.253 e. The number of rotatable bonds is 4. The molecule has 2 aliphatic rings. The molecule has 1 aliphatic heterocycles. The topological polar surface area (TPSA) is 32.3 Å². The van der Waals surface area contributed by atoms with Crippen molar-refractivity contribution in [2.24, 2.45) is 5.92 Å². The van der Waals surface area contributed by atoms with E-state index in [0.29, 0.717) is 11.8 Å². The van der Waals surface area contributed by atoms with Crippen molar-refractivity contribution >= 4 is 18.3 Å².